The van der Waals surface area contributed by atoms with Crippen LogP contribution < -0.4 is 5.32 Å². The standard InChI is InChI=1S/C31H44N2.C8H19N.C3H8.C3H6.2C2H6.C2H4/c1-10-13-14-23(11-2)24-15-16-28-25(18-24)27(19-31(7,8)9)30(33(28)12-3)26-17-22(6)20-32-29(26)21(4)5;1-3-4-5-6-7-8-9-2;2*1-3-2;3*1-2/h14-18,20-21H,10-13,19H2,1-9H3;9H,3-8H2,1-2H3;3H2,1-2H3;3H,1H2,2H3;2*1-2H3;1-2H2/b23-14+;;;;;;. The van der Waals surface area contributed by atoms with Gasteiger partial charge in [-0.2, -0.15) is 0 Å². The molecule has 0 amide bonds. The largest absolute Gasteiger partial charge is 0.340 e. The van der Waals surface area contributed by atoms with Gasteiger partial charge >= 0.3 is 0 Å². The molecule has 1 N–H and O–H groups in total. The number of benzene rings is 1. The van der Waals surface area contributed by atoms with E-state index in [2.05, 4.69) is 143 Å². The zero-order valence-corrected chi connectivity index (χ0v) is 39.6. The van der Waals surface area contributed by atoms with Crippen LogP contribution in [0.5, 0.6) is 0 Å². The van der Waals surface area contributed by atoms with Crippen LogP contribution in [0, 0.1) is 12.3 Å². The van der Waals surface area contributed by atoms with Crippen LogP contribution in [0.15, 0.2) is 62.4 Å². The number of hydrogen-bond donors (Lipinski definition) is 1. The smallest absolute Gasteiger partial charge is 0.0542 e. The monoisotopic (exact) mass is 748 g/mol. The Hall–Kier alpha value is -2.91. The lowest BCUT2D eigenvalue weighted by Crippen LogP contribution is -2.11. The molecule has 3 rings (SSSR count). The first-order valence-electron chi connectivity index (χ1n) is 21.9. The molecule has 0 saturated heterocycles. The molecule has 0 bridgehead atoms. The highest BCUT2D eigenvalue weighted by Crippen LogP contribution is 2.41. The highest BCUT2D eigenvalue weighted by molar-refractivity contribution is 5.94. The predicted octanol–water partition coefficient (Wildman–Crippen LogP) is 17.0. The molecule has 1 aromatic carbocycles. The molecule has 0 saturated carbocycles. The molecule has 0 atom stereocenters. The van der Waals surface area contributed by atoms with E-state index in [0.29, 0.717) is 5.92 Å². The molecule has 0 aliphatic rings. The first-order chi connectivity index (χ1) is 25.8. The van der Waals surface area contributed by atoms with Crippen LogP contribution in [-0.2, 0) is 13.0 Å². The van der Waals surface area contributed by atoms with Crippen LogP contribution in [-0.4, -0.2) is 23.1 Å². The van der Waals surface area contributed by atoms with Crippen LogP contribution in [0.2, 0.25) is 0 Å². The van der Waals surface area contributed by atoms with Crippen LogP contribution in [0.3, 0.4) is 0 Å². The second-order valence-electron chi connectivity index (χ2n) is 14.6. The molecule has 2 heterocycles. The molecule has 0 aliphatic carbocycles. The molecule has 54 heavy (non-hydrogen) atoms. The Bertz CT molecular complexity index is 1330. The van der Waals surface area contributed by atoms with Crippen LogP contribution in [0.25, 0.3) is 27.7 Å². The molecule has 0 fully saturated rings. The summed E-state index contributed by atoms with van der Waals surface area (Å²) in [6, 6.07) is 9.52. The van der Waals surface area contributed by atoms with Crippen molar-refractivity contribution in [3.63, 3.8) is 0 Å². The molecule has 3 heteroatoms. The second-order valence-corrected chi connectivity index (χ2v) is 14.6. The quantitative estimate of drug-likeness (QED) is 0.131. The van der Waals surface area contributed by atoms with E-state index in [1.54, 1.807) is 6.08 Å². The minimum Gasteiger partial charge on any atom is -0.340 e. The maximum absolute atomic E-state index is 4.91. The summed E-state index contributed by atoms with van der Waals surface area (Å²) in [6.45, 7) is 48.4. The summed E-state index contributed by atoms with van der Waals surface area (Å²) in [6.07, 6.45) is 18.8. The average Bonchev–Trinajstić information content (AvgIpc) is 3.46. The Morgan fingerprint density at radius 2 is 1.44 bits per heavy atom. The van der Waals surface area contributed by atoms with Crippen LogP contribution in [0.4, 0.5) is 0 Å². The number of aromatic nitrogens is 2. The Morgan fingerprint density at radius 3 is 1.89 bits per heavy atom. The lowest BCUT2D eigenvalue weighted by molar-refractivity contribution is 0.412. The van der Waals surface area contributed by atoms with Gasteiger partial charge in [0.05, 0.1) is 11.4 Å². The van der Waals surface area contributed by atoms with E-state index in [0.717, 1.165) is 25.8 Å². The number of nitrogens with zero attached hydrogens (tertiary/aromatic N) is 2. The van der Waals surface area contributed by atoms with Crippen molar-refractivity contribution in [3.8, 4) is 11.3 Å². The first kappa shape index (κ1) is 57.8. The third-order valence-corrected chi connectivity index (χ3v) is 8.01. The average molecular weight is 748 g/mol. The minimum absolute atomic E-state index is 0.193. The first-order valence-corrected chi connectivity index (χ1v) is 21.9. The van der Waals surface area contributed by atoms with E-state index in [9.17, 15) is 0 Å². The summed E-state index contributed by atoms with van der Waals surface area (Å²) in [5, 5.41) is 4.55. The fourth-order valence-corrected chi connectivity index (χ4v) is 5.89. The lowest BCUT2D eigenvalue weighted by atomic mass is 9.85. The topological polar surface area (TPSA) is 29.9 Å². The predicted molar refractivity (Wildman–Crippen MR) is 254 cm³/mol. The lowest BCUT2D eigenvalue weighted by Gasteiger charge is -2.21. The fraction of sp³-hybridized carbons (Fsp3) is 0.627. The number of pyridine rings is 1. The van der Waals surface area contributed by atoms with Crippen LogP contribution in [0.1, 0.15) is 197 Å². The van der Waals surface area contributed by atoms with Crippen molar-refractivity contribution in [2.24, 2.45) is 5.41 Å². The molecule has 0 unspecified atom stereocenters. The van der Waals surface area contributed by atoms with E-state index in [-0.39, 0.29) is 5.41 Å². The fourth-order valence-electron chi connectivity index (χ4n) is 5.89. The Labute approximate surface area is 339 Å². The number of nitrogens with one attached hydrogen (secondary N) is 1. The summed E-state index contributed by atoms with van der Waals surface area (Å²) < 4.78 is 2.53. The number of aryl methyl sites for hydroxylation is 2. The molecule has 0 aliphatic heterocycles. The van der Waals surface area contributed by atoms with Crippen molar-refractivity contribution in [2.75, 3.05) is 13.6 Å². The van der Waals surface area contributed by atoms with Crippen molar-refractivity contribution < 1.29 is 0 Å². The maximum Gasteiger partial charge on any atom is 0.0542 e. The zero-order chi connectivity index (χ0) is 42.7. The highest BCUT2D eigenvalue weighted by atomic mass is 15.0. The molecular formula is C51H93N3. The number of allylic oxidation sites excluding steroid dienone is 3. The van der Waals surface area contributed by atoms with E-state index in [4.69, 9.17) is 4.98 Å². The van der Waals surface area contributed by atoms with Crippen molar-refractivity contribution >= 4 is 16.5 Å². The van der Waals surface area contributed by atoms with E-state index in [1.165, 1.54) is 102 Å². The van der Waals surface area contributed by atoms with Gasteiger partial charge in [0.15, 0.2) is 0 Å². The molecule has 0 radical (unpaired) electrons. The molecule has 3 nitrogen and oxygen atoms in total. The van der Waals surface area contributed by atoms with Crippen LogP contribution >= 0.6 is 0 Å². The van der Waals surface area contributed by atoms with Gasteiger partial charge in [0.1, 0.15) is 0 Å². The Balaban J connectivity index is -0.000000495. The summed E-state index contributed by atoms with van der Waals surface area (Å²) in [4.78, 5) is 4.91. The van der Waals surface area contributed by atoms with E-state index in [1.807, 2.05) is 47.9 Å². The van der Waals surface area contributed by atoms with Crippen molar-refractivity contribution in [3.05, 3.63) is 84.7 Å². The number of rotatable bonds is 14. The van der Waals surface area contributed by atoms with Gasteiger partial charge in [0.2, 0.25) is 0 Å². The van der Waals surface area contributed by atoms with Gasteiger partial charge in [-0.15, -0.1) is 19.7 Å². The maximum atomic E-state index is 4.91. The Morgan fingerprint density at radius 1 is 0.889 bits per heavy atom. The van der Waals surface area contributed by atoms with E-state index >= 15 is 0 Å². The number of unbranched alkanes of at least 4 members (excludes halogenated alkanes) is 5. The normalized spacial score (nSPS) is 10.4. The van der Waals surface area contributed by atoms with Gasteiger partial charge in [-0.05, 0) is 112 Å². The van der Waals surface area contributed by atoms with Gasteiger partial charge in [-0.25, -0.2) is 0 Å². The summed E-state index contributed by atoms with van der Waals surface area (Å²) in [5.74, 6) is 0.380. The third-order valence-electron chi connectivity index (χ3n) is 8.01. The van der Waals surface area contributed by atoms with Gasteiger partial charge < -0.3 is 9.88 Å². The second kappa shape index (κ2) is 37.0. The summed E-state index contributed by atoms with van der Waals surface area (Å²) in [5.41, 5.74) is 10.9. The van der Waals surface area contributed by atoms with Gasteiger partial charge in [-0.1, -0.05) is 154 Å². The van der Waals surface area contributed by atoms with Crippen molar-refractivity contribution in [2.45, 2.75) is 194 Å². The van der Waals surface area contributed by atoms with Crippen molar-refractivity contribution in [1.82, 2.24) is 14.9 Å². The number of hydrogen-bond acceptors (Lipinski definition) is 2. The summed E-state index contributed by atoms with van der Waals surface area (Å²) in [7, 11) is 2.01. The van der Waals surface area contributed by atoms with E-state index < -0.39 is 0 Å². The third kappa shape index (κ3) is 23.1. The highest BCUT2D eigenvalue weighted by Gasteiger charge is 2.25. The van der Waals surface area contributed by atoms with Gasteiger partial charge in [0.25, 0.3) is 0 Å². The molecular weight excluding hydrogens is 655 g/mol. The van der Waals surface area contributed by atoms with Gasteiger partial charge in [0, 0.05) is 29.2 Å². The minimum atomic E-state index is 0.193. The molecule has 312 valence electrons. The molecule has 3 aromatic rings. The molecule has 0 spiro atoms. The van der Waals surface area contributed by atoms with Crippen molar-refractivity contribution in [1.29, 1.82) is 0 Å². The summed E-state index contributed by atoms with van der Waals surface area (Å²) >= 11 is 0. The Kier molecular flexibility index (Phi) is 39.6. The SMILES string of the molecule is C=C.C=CC.CC.CC.CCC.CCC/C=C(\CC)c1ccc2c(c1)c(CC(C)(C)C)c(-c1cc(C)cnc1C(C)C)n2CC.CCCCCCCNC. The van der Waals surface area contributed by atoms with Gasteiger partial charge in [-0.3, -0.25) is 4.98 Å². The number of fused-ring (bicyclic) bond motifs is 1. The zero-order valence-electron chi connectivity index (χ0n) is 39.6. The molecule has 2 aromatic heterocycles.